The summed E-state index contributed by atoms with van der Waals surface area (Å²) < 4.78 is 49.7. The first-order valence-corrected chi connectivity index (χ1v) is 11.9. The van der Waals surface area contributed by atoms with Crippen LogP contribution in [0.25, 0.3) is 0 Å². The van der Waals surface area contributed by atoms with Gasteiger partial charge in [0.25, 0.3) is 5.92 Å². The Bertz CT molecular complexity index is 1260. The zero-order valence-electron chi connectivity index (χ0n) is 19.5. The van der Waals surface area contributed by atoms with Crippen molar-refractivity contribution in [2.24, 2.45) is 17.8 Å². The minimum absolute atomic E-state index is 0.0422. The molecule has 0 aliphatic carbocycles. The minimum Gasteiger partial charge on any atom is -0.463 e. The molecular weight excluding hydrogens is 545 g/mol. The molecule has 2 aliphatic heterocycles. The lowest BCUT2D eigenvalue weighted by Crippen LogP contribution is -2.45. The van der Waals surface area contributed by atoms with Crippen molar-refractivity contribution < 1.29 is 27.5 Å². The van der Waals surface area contributed by atoms with E-state index in [0.29, 0.717) is 15.9 Å². The fraction of sp³-hybridized carbons (Fsp3) is 0.391. The van der Waals surface area contributed by atoms with Crippen molar-refractivity contribution in [3.8, 4) is 0 Å². The molecule has 1 saturated heterocycles. The number of likely N-dealkylation sites (tertiary alicyclic amines) is 1. The van der Waals surface area contributed by atoms with E-state index in [-0.39, 0.29) is 30.3 Å². The molecule has 1 amide bonds. The first-order valence-electron chi connectivity index (χ1n) is 11.1. The Hall–Kier alpha value is -3.19. The Kier molecular flexibility index (Phi) is 7.23. The second kappa shape index (κ2) is 10.1. The fourth-order valence-corrected chi connectivity index (χ4v) is 4.93. The Balaban J connectivity index is 1.87. The van der Waals surface area contributed by atoms with Gasteiger partial charge in [0.05, 0.1) is 24.8 Å². The molecule has 4 rings (SSSR count). The number of hydrogen-bond donors (Lipinski definition) is 2. The Morgan fingerprint density at radius 3 is 2.72 bits per heavy atom. The van der Waals surface area contributed by atoms with Crippen molar-refractivity contribution >= 4 is 33.6 Å². The van der Waals surface area contributed by atoms with Gasteiger partial charge >= 0.3 is 5.97 Å². The molecule has 192 valence electrons. The second-order valence-electron chi connectivity index (χ2n) is 8.53. The number of esters is 1. The van der Waals surface area contributed by atoms with Gasteiger partial charge in [-0.15, -0.1) is 0 Å². The minimum atomic E-state index is -3.13. The third-order valence-corrected chi connectivity index (χ3v) is 6.66. The van der Waals surface area contributed by atoms with Crippen LogP contribution in [-0.4, -0.2) is 63.8 Å². The summed E-state index contributed by atoms with van der Waals surface area (Å²) in [4.78, 5) is 35.4. The quantitative estimate of drug-likeness (QED) is 0.496. The zero-order valence-corrected chi connectivity index (χ0v) is 21.1. The molecular formula is C23H24BrF3N6O3. The van der Waals surface area contributed by atoms with Crippen LogP contribution < -0.4 is 11.1 Å². The predicted octanol–water partition coefficient (Wildman–Crippen LogP) is 2.42. The van der Waals surface area contributed by atoms with E-state index < -0.39 is 48.7 Å². The molecule has 2 aromatic rings. The maximum absolute atomic E-state index is 14.3. The van der Waals surface area contributed by atoms with Gasteiger partial charge < -0.3 is 20.4 Å². The van der Waals surface area contributed by atoms with E-state index in [2.05, 4.69) is 26.2 Å². The fourth-order valence-electron chi connectivity index (χ4n) is 4.36. The summed E-state index contributed by atoms with van der Waals surface area (Å²) in [7, 11) is 1.74. The molecule has 1 unspecified atom stereocenters. The molecule has 1 aromatic carbocycles. The number of amidine groups is 1. The number of nitrogens with two attached hydrogens (primary N) is 1. The normalized spacial score (nSPS) is 21.8. The molecule has 36 heavy (non-hydrogen) atoms. The van der Waals surface area contributed by atoms with Crippen molar-refractivity contribution in [3.05, 3.63) is 63.5 Å². The number of imidazole rings is 1. The lowest BCUT2D eigenvalue weighted by atomic mass is 9.95. The maximum Gasteiger partial charge on any atom is 0.338 e. The average molecular weight is 569 g/mol. The highest BCUT2D eigenvalue weighted by Crippen LogP contribution is 2.38. The standard InChI is InChI=1S/C23H24BrF3N6O3/c1-3-36-22(35)17-15(10-33-11-23(26,27)9-16(33)19(28)34)30-20(21-29-6-7-32(21)2)31-18(17)13-5-4-12(25)8-14(13)24/h4-8,16,18H,3,9-11H2,1-2H3,(H2,28,34)(H,30,31)/t16-,18?/m0/s1. The zero-order chi connectivity index (χ0) is 26.2. The third kappa shape index (κ3) is 5.16. The first kappa shape index (κ1) is 25.9. The van der Waals surface area contributed by atoms with E-state index in [1.807, 2.05) is 0 Å². The van der Waals surface area contributed by atoms with E-state index in [0.717, 1.165) is 0 Å². The number of ether oxygens (including phenoxy) is 1. The number of benzene rings is 1. The van der Waals surface area contributed by atoms with Crippen LogP contribution in [-0.2, 0) is 21.4 Å². The number of aliphatic imine (C=N–C) groups is 1. The summed E-state index contributed by atoms with van der Waals surface area (Å²) in [6.07, 6.45) is 2.52. The SMILES string of the molecule is CCOC(=O)C1=C(CN2CC(F)(F)C[C@H]2C(N)=O)NC(c2nccn2C)=NC1c1ccc(F)cc1Br. The van der Waals surface area contributed by atoms with Crippen LogP contribution in [0, 0.1) is 5.82 Å². The van der Waals surface area contributed by atoms with E-state index in [4.69, 9.17) is 15.5 Å². The van der Waals surface area contributed by atoms with Crippen molar-refractivity contribution in [3.63, 3.8) is 0 Å². The van der Waals surface area contributed by atoms with Crippen molar-refractivity contribution in [1.29, 1.82) is 0 Å². The molecule has 2 atom stereocenters. The van der Waals surface area contributed by atoms with Gasteiger partial charge in [0.15, 0.2) is 11.7 Å². The second-order valence-corrected chi connectivity index (χ2v) is 9.38. The van der Waals surface area contributed by atoms with Gasteiger partial charge in [-0.2, -0.15) is 0 Å². The summed E-state index contributed by atoms with van der Waals surface area (Å²) in [5.41, 5.74) is 6.10. The van der Waals surface area contributed by atoms with Crippen LogP contribution in [0.2, 0.25) is 0 Å². The number of hydrogen-bond acceptors (Lipinski definition) is 7. The molecule has 2 aliphatic rings. The summed E-state index contributed by atoms with van der Waals surface area (Å²) in [6, 6.07) is 1.72. The van der Waals surface area contributed by atoms with Gasteiger partial charge in [-0.05, 0) is 24.6 Å². The molecule has 3 heterocycles. The molecule has 9 nitrogen and oxygen atoms in total. The number of primary amides is 1. The summed E-state index contributed by atoms with van der Waals surface area (Å²) in [5.74, 6) is -4.58. The molecule has 1 aromatic heterocycles. The van der Waals surface area contributed by atoms with Crippen molar-refractivity contribution in [2.75, 3.05) is 19.7 Å². The van der Waals surface area contributed by atoms with Crippen molar-refractivity contribution in [2.45, 2.75) is 31.4 Å². The molecule has 0 spiro atoms. The summed E-state index contributed by atoms with van der Waals surface area (Å²) in [5, 5.41) is 3.05. The number of carbonyl (C=O) groups excluding carboxylic acids is 2. The molecule has 0 radical (unpaired) electrons. The van der Waals surface area contributed by atoms with E-state index in [1.54, 1.807) is 30.9 Å². The smallest absolute Gasteiger partial charge is 0.338 e. The highest BCUT2D eigenvalue weighted by molar-refractivity contribution is 9.10. The van der Waals surface area contributed by atoms with Gasteiger partial charge in [0, 0.05) is 42.6 Å². The lowest BCUT2D eigenvalue weighted by molar-refractivity contribution is -0.139. The Labute approximate surface area is 213 Å². The molecule has 13 heteroatoms. The number of nitrogens with one attached hydrogen (secondary N) is 1. The van der Waals surface area contributed by atoms with Crippen LogP contribution in [0.1, 0.15) is 30.8 Å². The third-order valence-electron chi connectivity index (χ3n) is 5.97. The van der Waals surface area contributed by atoms with Gasteiger partial charge in [-0.1, -0.05) is 22.0 Å². The average Bonchev–Trinajstić information content (AvgIpc) is 3.35. The van der Waals surface area contributed by atoms with Crippen molar-refractivity contribution in [1.82, 2.24) is 19.8 Å². The number of carbonyl (C=O) groups is 2. The molecule has 0 saturated carbocycles. The van der Waals surface area contributed by atoms with Crippen LogP contribution in [0.5, 0.6) is 0 Å². The Morgan fingerprint density at radius 2 is 2.11 bits per heavy atom. The van der Waals surface area contributed by atoms with Crippen LogP contribution in [0.4, 0.5) is 13.2 Å². The van der Waals surface area contributed by atoms with E-state index >= 15 is 0 Å². The summed E-state index contributed by atoms with van der Waals surface area (Å²) >= 11 is 3.34. The predicted molar refractivity (Wildman–Crippen MR) is 128 cm³/mol. The van der Waals surface area contributed by atoms with Crippen LogP contribution in [0.15, 0.2) is 51.3 Å². The molecule has 0 bridgehead atoms. The highest BCUT2D eigenvalue weighted by atomic mass is 79.9. The van der Waals surface area contributed by atoms with Crippen LogP contribution in [0.3, 0.4) is 0 Å². The number of rotatable bonds is 7. The number of amides is 1. The van der Waals surface area contributed by atoms with Gasteiger partial charge in [0.1, 0.15) is 11.9 Å². The monoisotopic (exact) mass is 568 g/mol. The highest BCUT2D eigenvalue weighted by Gasteiger charge is 2.48. The molecule has 1 fully saturated rings. The number of aromatic nitrogens is 2. The number of alkyl halides is 2. The summed E-state index contributed by atoms with van der Waals surface area (Å²) in [6.45, 7) is 0.719. The van der Waals surface area contributed by atoms with Crippen LogP contribution >= 0.6 is 15.9 Å². The topological polar surface area (TPSA) is 115 Å². The number of halogens is 4. The van der Waals surface area contributed by atoms with Gasteiger partial charge in [-0.3, -0.25) is 14.7 Å². The number of nitrogens with zero attached hydrogens (tertiary/aromatic N) is 4. The van der Waals surface area contributed by atoms with E-state index in [9.17, 15) is 22.8 Å². The van der Waals surface area contributed by atoms with E-state index in [1.165, 1.54) is 23.1 Å². The molecule has 3 N–H and O–H groups in total. The lowest BCUT2D eigenvalue weighted by Gasteiger charge is -2.31. The van der Waals surface area contributed by atoms with Gasteiger partial charge in [0.2, 0.25) is 5.91 Å². The van der Waals surface area contributed by atoms with Gasteiger partial charge in [-0.25, -0.2) is 22.9 Å². The first-order chi connectivity index (χ1) is 17.0. The number of aryl methyl sites for hydroxylation is 1. The Morgan fingerprint density at radius 1 is 1.36 bits per heavy atom. The maximum atomic E-state index is 14.3. The largest absolute Gasteiger partial charge is 0.463 e.